The van der Waals surface area contributed by atoms with Gasteiger partial charge < -0.3 is 19.9 Å². The molecule has 6 nitrogen and oxygen atoms in total. The highest BCUT2D eigenvalue weighted by atomic mass is 16.5. The van der Waals surface area contributed by atoms with Crippen LogP contribution in [0.5, 0.6) is 0 Å². The van der Waals surface area contributed by atoms with Crippen LogP contribution in [0.1, 0.15) is 70.9 Å². The maximum atomic E-state index is 13.2. The second kappa shape index (κ2) is 11.1. The number of nitrogens with zero attached hydrogens (tertiary/aromatic N) is 2. The minimum Gasteiger partial charge on any atom is -0.356 e. The maximum Gasteiger partial charge on any atom is 0.423 e. The molecule has 0 saturated carbocycles. The number of amides is 2. The van der Waals surface area contributed by atoms with Crippen LogP contribution in [0.2, 0.25) is 0 Å². The third kappa shape index (κ3) is 5.00. The van der Waals surface area contributed by atoms with Gasteiger partial charge in [-0.1, -0.05) is 58.0 Å². The normalized spacial score (nSPS) is 19.7. The molecule has 0 atom stereocenters. The van der Waals surface area contributed by atoms with Crippen LogP contribution in [-0.2, 0) is 14.9 Å². The van der Waals surface area contributed by atoms with Crippen molar-refractivity contribution in [2.75, 3.05) is 26.2 Å². The number of likely N-dealkylation sites (tertiary alicyclic amines) is 2. The van der Waals surface area contributed by atoms with Crippen LogP contribution in [0, 0.1) is 12.5 Å². The minimum absolute atomic E-state index is 0. The van der Waals surface area contributed by atoms with Crippen molar-refractivity contribution < 1.29 is 14.3 Å². The number of rotatable bonds is 5. The molecule has 1 aromatic rings. The number of carbonyl (C=O) groups is 2. The molecule has 184 valence electrons. The first-order valence-corrected chi connectivity index (χ1v) is 12.3. The van der Waals surface area contributed by atoms with Crippen molar-refractivity contribution >= 4 is 17.6 Å². The van der Waals surface area contributed by atoms with Gasteiger partial charge in [0, 0.05) is 36.2 Å². The number of ether oxygens (including phenoxy) is 1. The van der Waals surface area contributed by atoms with Gasteiger partial charge in [0.15, 0.2) is 0 Å². The van der Waals surface area contributed by atoms with Crippen LogP contribution < -0.4 is 5.32 Å². The van der Waals surface area contributed by atoms with E-state index in [4.69, 9.17) is 6.42 Å². The first-order chi connectivity index (χ1) is 16.0. The molecule has 34 heavy (non-hydrogen) atoms. The molecular formula is C28H39N3O3. The molecule has 4 rings (SSSR count). The van der Waals surface area contributed by atoms with Crippen LogP contribution in [0.15, 0.2) is 30.3 Å². The van der Waals surface area contributed by atoms with E-state index in [9.17, 15) is 9.59 Å². The number of piperidine rings is 2. The molecule has 1 N–H and O–H groups in total. The van der Waals surface area contributed by atoms with Gasteiger partial charge in [0.05, 0.1) is 0 Å². The van der Waals surface area contributed by atoms with E-state index in [0.717, 1.165) is 62.8 Å². The molecule has 1 aliphatic carbocycles. The van der Waals surface area contributed by atoms with Crippen molar-refractivity contribution in [3.63, 3.8) is 0 Å². The molecule has 2 fully saturated rings. The summed E-state index contributed by atoms with van der Waals surface area (Å²) in [5, 5.41) is 3.23. The zero-order valence-corrected chi connectivity index (χ0v) is 19.8. The smallest absolute Gasteiger partial charge is 0.356 e. The van der Waals surface area contributed by atoms with Gasteiger partial charge in [0.2, 0.25) is 0 Å². The first kappa shape index (κ1) is 25.8. The fourth-order valence-electron chi connectivity index (χ4n) is 5.76. The number of carbonyl (C=O) groups excluding carboxylic acids is 2. The largest absolute Gasteiger partial charge is 0.423 e. The van der Waals surface area contributed by atoms with E-state index < -0.39 is 6.09 Å². The standard InChI is InChI=1S/C27H35N3O3.CH4/c1-4-20(5-2)28-25(31)23-19-27(24-10-8-7-9-22(23)24)13-17-29(18-14-27)21-11-15-30(16-12-21)26(32)33-6-3;/h3,7-10,19-21H,4-5,11-18H2,1-2H3,(H,28,31);1H4. The Morgan fingerprint density at radius 2 is 1.79 bits per heavy atom. The molecule has 6 heteroatoms. The summed E-state index contributed by atoms with van der Waals surface area (Å²) in [5.74, 6) is 0.0571. The monoisotopic (exact) mass is 465 g/mol. The lowest BCUT2D eigenvalue weighted by molar-refractivity contribution is -0.116. The Hall–Kier alpha value is -2.78. The van der Waals surface area contributed by atoms with Gasteiger partial charge in [-0.25, -0.2) is 4.79 Å². The molecule has 0 unspecified atom stereocenters. The van der Waals surface area contributed by atoms with Crippen LogP contribution in [0.25, 0.3) is 5.57 Å². The average molecular weight is 466 g/mol. The average Bonchev–Trinajstić information content (AvgIpc) is 3.17. The minimum atomic E-state index is -0.416. The Morgan fingerprint density at radius 3 is 2.41 bits per heavy atom. The molecule has 1 aromatic carbocycles. The molecule has 3 aliphatic rings. The van der Waals surface area contributed by atoms with Crippen molar-refractivity contribution in [3.05, 3.63) is 41.5 Å². The number of terminal acetylenes is 1. The molecule has 2 amide bonds. The quantitative estimate of drug-likeness (QED) is 0.648. The maximum absolute atomic E-state index is 13.2. The van der Waals surface area contributed by atoms with Crippen molar-refractivity contribution in [1.82, 2.24) is 15.1 Å². The second-order valence-corrected chi connectivity index (χ2v) is 9.49. The summed E-state index contributed by atoms with van der Waals surface area (Å²) in [6.45, 7) is 7.57. The third-order valence-electron chi connectivity index (χ3n) is 7.82. The zero-order valence-electron chi connectivity index (χ0n) is 19.8. The third-order valence-corrected chi connectivity index (χ3v) is 7.82. The number of allylic oxidation sites excluding steroid dienone is 1. The number of hydrogen-bond acceptors (Lipinski definition) is 4. The molecule has 1 spiro atoms. The summed E-state index contributed by atoms with van der Waals surface area (Å²) in [6.07, 6.45) is 14.6. The van der Waals surface area contributed by atoms with E-state index in [1.165, 1.54) is 5.56 Å². The molecular weight excluding hydrogens is 426 g/mol. The van der Waals surface area contributed by atoms with E-state index in [1.54, 1.807) is 4.90 Å². The van der Waals surface area contributed by atoms with Gasteiger partial charge in [-0.2, -0.15) is 0 Å². The molecule has 2 aliphatic heterocycles. The number of fused-ring (bicyclic) bond motifs is 2. The zero-order chi connectivity index (χ0) is 23.4. The Balaban J connectivity index is 0.00000324. The van der Waals surface area contributed by atoms with Gasteiger partial charge in [0.25, 0.3) is 5.91 Å². The van der Waals surface area contributed by atoms with Crippen molar-refractivity contribution in [2.24, 2.45) is 0 Å². The highest BCUT2D eigenvalue weighted by molar-refractivity contribution is 6.21. The Kier molecular flexibility index (Phi) is 8.43. The van der Waals surface area contributed by atoms with Gasteiger partial charge in [-0.3, -0.25) is 4.79 Å². The van der Waals surface area contributed by atoms with Crippen LogP contribution >= 0.6 is 0 Å². The highest BCUT2D eigenvalue weighted by Gasteiger charge is 2.43. The summed E-state index contributed by atoms with van der Waals surface area (Å²) in [7, 11) is 0. The van der Waals surface area contributed by atoms with Crippen molar-refractivity contribution in [3.8, 4) is 12.5 Å². The van der Waals surface area contributed by atoms with Crippen molar-refractivity contribution in [2.45, 2.75) is 77.3 Å². The number of benzene rings is 1. The summed E-state index contributed by atoms with van der Waals surface area (Å²) in [4.78, 5) is 29.3. The van der Waals surface area contributed by atoms with E-state index in [-0.39, 0.29) is 24.8 Å². The summed E-state index contributed by atoms with van der Waals surface area (Å²) < 4.78 is 4.69. The van der Waals surface area contributed by atoms with Crippen molar-refractivity contribution in [1.29, 1.82) is 0 Å². The lowest BCUT2D eigenvalue weighted by atomic mass is 9.74. The van der Waals surface area contributed by atoms with Gasteiger partial charge >= 0.3 is 6.09 Å². The van der Waals surface area contributed by atoms with Gasteiger partial charge in [-0.15, -0.1) is 0 Å². The predicted octanol–water partition coefficient (Wildman–Crippen LogP) is 4.55. The van der Waals surface area contributed by atoms with E-state index in [1.807, 2.05) is 12.2 Å². The molecule has 0 radical (unpaired) electrons. The molecule has 0 bridgehead atoms. The topological polar surface area (TPSA) is 61.9 Å². The second-order valence-electron chi connectivity index (χ2n) is 9.49. The number of hydrogen-bond donors (Lipinski definition) is 1. The van der Waals surface area contributed by atoms with Gasteiger partial charge in [-0.05, 0) is 62.7 Å². The van der Waals surface area contributed by atoms with Crippen LogP contribution in [0.3, 0.4) is 0 Å². The fourth-order valence-corrected chi connectivity index (χ4v) is 5.76. The summed E-state index contributed by atoms with van der Waals surface area (Å²) in [5.41, 5.74) is 3.16. The van der Waals surface area contributed by atoms with Gasteiger partial charge in [0.1, 0.15) is 6.11 Å². The summed E-state index contributed by atoms with van der Waals surface area (Å²) in [6, 6.07) is 9.11. The number of nitrogens with one attached hydrogen (secondary N) is 1. The molecule has 2 heterocycles. The van der Waals surface area contributed by atoms with E-state index in [2.05, 4.69) is 53.1 Å². The lowest BCUT2D eigenvalue weighted by Gasteiger charge is -2.44. The lowest BCUT2D eigenvalue weighted by Crippen LogP contribution is -2.51. The first-order valence-electron chi connectivity index (χ1n) is 12.3. The fraction of sp³-hybridized carbons (Fsp3) is 0.571. The predicted molar refractivity (Wildman–Crippen MR) is 136 cm³/mol. The van der Waals surface area contributed by atoms with Crippen LogP contribution in [0.4, 0.5) is 4.79 Å². The Bertz CT molecular complexity index is 944. The van der Waals surface area contributed by atoms with E-state index in [0.29, 0.717) is 19.1 Å². The Labute approximate surface area is 204 Å². The summed E-state index contributed by atoms with van der Waals surface area (Å²) >= 11 is 0. The van der Waals surface area contributed by atoms with E-state index >= 15 is 0 Å². The van der Waals surface area contributed by atoms with Crippen LogP contribution in [-0.4, -0.2) is 60.1 Å². The highest BCUT2D eigenvalue weighted by Crippen LogP contribution is 2.47. The molecule has 2 saturated heterocycles. The molecule has 0 aromatic heterocycles. The Morgan fingerprint density at radius 1 is 1.15 bits per heavy atom. The SMILES string of the molecule is C.C#COC(=O)N1CCC(N2CCC3(C=C(C(=O)NC(CC)CC)c4ccccc43)CC2)CC1.